The summed E-state index contributed by atoms with van der Waals surface area (Å²) < 4.78 is 5.71. The zero-order chi connectivity index (χ0) is 15.9. The molecule has 1 heterocycles. The summed E-state index contributed by atoms with van der Waals surface area (Å²) in [5.74, 6) is 1.36. The summed E-state index contributed by atoms with van der Waals surface area (Å²) in [5.41, 5.74) is 2.59. The third kappa shape index (κ3) is 4.84. The Morgan fingerprint density at radius 1 is 1.41 bits per heavy atom. The number of nitrogens with one attached hydrogen (secondary N) is 1. The highest BCUT2D eigenvalue weighted by Gasteiger charge is 2.06. The highest BCUT2D eigenvalue weighted by Crippen LogP contribution is 2.23. The SMILES string of the molecule is Cc1cc(OCCCC(=O)Nc2nccs2)ccc1C(C)C. The van der Waals surface area contributed by atoms with Crippen molar-refractivity contribution in [3.63, 3.8) is 0 Å². The Bertz CT molecular complexity index is 609. The Morgan fingerprint density at radius 3 is 2.86 bits per heavy atom. The van der Waals surface area contributed by atoms with Crippen LogP contribution in [0.25, 0.3) is 0 Å². The van der Waals surface area contributed by atoms with Crippen molar-refractivity contribution in [2.45, 2.75) is 39.5 Å². The van der Waals surface area contributed by atoms with E-state index in [0.717, 1.165) is 5.75 Å². The first-order valence-corrected chi connectivity index (χ1v) is 8.37. The van der Waals surface area contributed by atoms with Crippen LogP contribution in [0.15, 0.2) is 29.8 Å². The summed E-state index contributed by atoms with van der Waals surface area (Å²) in [4.78, 5) is 15.7. The van der Waals surface area contributed by atoms with E-state index in [0.29, 0.717) is 30.5 Å². The quantitative estimate of drug-likeness (QED) is 0.771. The number of nitrogens with zero attached hydrogens (tertiary/aromatic N) is 1. The zero-order valence-electron chi connectivity index (χ0n) is 13.3. The molecule has 1 N–H and O–H groups in total. The Kier molecular flexibility index (Phi) is 5.95. The molecule has 0 fully saturated rings. The van der Waals surface area contributed by atoms with E-state index >= 15 is 0 Å². The van der Waals surface area contributed by atoms with Crippen LogP contribution in [-0.2, 0) is 4.79 Å². The Morgan fingerprint density at radius 2 is 2.23 bits per heavy atom. The van der Waals surface area contributed by atoms with Gasteiger partial charge in [-0.1, -0.05) is 19.9 Å². The molecule has 1 aromatic heterocycles. The number of thiazole rings is 1. The van der Waals surface area contributed by atoms with Gasteiger partial charge in [-0.15, -0.1) is 11.3 Å². The number of aryl methyl sites for hydroxylation is 1. The van der Waals surface area contributed by atoms with Gasteiger partial charge in [-0.05, 0) is 42.5 Å². The molecule has 0 aliphatic carbocycles. The zero-order valence-corrected chi connectivity index (χ0v) is 14.1. The van der Waals surface area contributed by atoms with Crippen LogP contribution in [0.5, 0.6) is 5.75 Å². The molecule has 0 bridgehead atoms. The monoisotopic (exact) mass is 318 g/mol. The van der Waals surface area contributed by atoms with Crippen LogP contribution >= 0.6 is 11.3 Å². The molecule has 0 unspecified atom stereocenters. The first-order valence-electron chi connectivity index (χ1n) is 7.49. The topological polar surface area (TPSA) is 51.2 Å². The van der Waals surface area contributed by atoms with E-state index in [1.54, 1.807) is 6.20 Å². The van der Waals surface area contributed by atoms with Crippen molar-refractivity contribution in [1.29, 1.82) is 0 Å². The van der Waals surface area contributed by atoms with E-state index in [1.807, 2.05) is 11.4 Å². The number of carbonyl (C=O) groups excluding carboxylic acids is 1. The van der Waals surface area contributed by atoms with Gasteiger partial charge in [-0.2, -0.15) is 0 Å². The van der Waals surface area contributed by atoms with Gasteiger partial charge in [-0.3, -0.25) is 4.79 Å². The maximum atomic E-state index is 11.7. The van der Waals surface area contributed by atoms with Gasteiger partial charge in [0, 0.05) is 18.0 Å². The second-order valence-electron chi connectivity index (χ2n) is 5.51. The molecule has 4 nitrogen and oxygen atoms in total. The summed E-state index contributed by atoms with van der Waals surface area (Å²) in [6.45, 7) is 7.00. The largest absolute Gasteiger partial charge is 0.494 e. The summed E-state index contributed by atoms with van der Waals surface area (Å²) in [7, 11) is 0. The van der Waals surface area contributed by atoms with Crippen LogP contribution in [0.2, 0.25) is 0 Å². The number of ether oxygens (including phenoxy) is 1. The van der Waals surface area contributed by atoms with Crippen LogP contribution in [0.4, 0.5) is 5.13 Å². The Balaban J connectivity index is 1.72. The number of carbonyl (C=O) groups is 1. The number of hydrogen-bond donors (Lipinski definition) is 1. The van der Waals surface area contributed by atoms with Gasteiger partial charge >= 0.3 is 0 Å². The van der Waals surface area contributed by atoms with E-state index in [9.17, 15) is 4.79 Å². The van der Waals surface area contributed by atoms with Crippen LogP contribution in [0, 0.1) is 6.92 Å². The number of anilines is 1. The smallest absolute Gasteiger partial charge is 0.226 e. The van der Waals surface area contributed by atoms with E-state index in [2.05, 4.69) is 43.2 Å². The average molecular weight is 318 g/mol. The van der Waals surface area contributed by atoms with Crippen molar-refractivity contribution in [1.82, 2.24) is 4.98 Å². The molecular weight excluding hydrogens is 296 g/mol. The predicted octanol–water partition coefficient (Wildman–Crippen LogP) is 4.37. The van der Waals surface area contributed by atoms with Crippen molar-refractivity contribution < 1.29 is 9.53 Å². The summed E-state index contributed by atoms with van der Waals surface area (Å²) in [5, 5.41) is 5.24. The molecule has 2 rings (SSSR count). The van der Waals surface area contributed by atoms with Crippen molar-refractivity contribution >= 4 is 22.4 Å². The van der Waals surface area contributed by atoms with Crippen molar-refractivity contribution in [3.05, 3.63) is 40.9 Å². The van der Waals surface area contributed by atoms with Gasteiger partial charge in [0.15, 0.2) is 5.13 Å². The van der Waals surface area contributed by atoms with E-state index in [1.165, 1.54) is 22.5 Å². The second kappa shape index (κ2) is 7.94. The van der Waals surface area contributed by atoms with Crippen molar-refractivity contribution in [2.75, 3.05) is 11.9 Å². The summed E-state index contributed by atoms with van der Waals surface area (Å²) in [6, 6.07) is 6.17. The number of benzene rings is 1. The Labute approximate surface area is 135 Å². The molecule has 118 valence electrons. The highest BCUT2D eigenvalue weighted by atomic mass is 32.1. The highest BCUT2D eigenvalue weighted by molar-refractivity contribution is 7.13. The molecular formula is C17H22N2O2S. The lowest BCUT2D eigenvalue weighted by Gasteiger charge is -2.12. The third-order valence-electron chi connectivity index (χ3n) is 3.36. The number of aromatic nitrogens is 1. The molecule has 2 aromatic rings. The minimum absolute atomic E-state index is 0.0233. The van der Waals surface area contributed by atoms with Gasteiger partial charge in [0.1, 0.15) is 5.75 Å². The van der Waals surface area contributed by atoms with Crippen LogP contribution in [-0.4, -0.2) is 17.5 Å². The first kappa shape index (κ1) is 16.5. The predicted molar refractivity (Wildman–Crippen MR) is 90.7 cm³/mol. The first-order chi connectivity index (χ1) is 10.6. The van der Waals surface area contributed by atoms with Crippen LogP contribution < -0.4 is 10.1 Å². The molecule has 1 amide bonds. The van der Waals surface area contributed by atoms with E-state index in [4.69, 9.17) is 4.74 Å². The van der Waals surface area contributed by atoms with Gasteiger partial charge in [0.2, 0.25) is 5.91 Å². The maximum Gasteiger partial charge on any atom is 0.226 e. The number of rotatable bonds is 7. The van der Waals surface area contributed by atoms with Gasteiger partial charge < -0.3 is 10.1 Å². The second-order valence-corrected chi connectivity index (χ2v) is 6.41. The molecule has 1 aromatic carbocycles. The molecule has 0 aliphatic rings. The van der Waals surface area contributed by atoms with Gasteiger partial charge in [0.05, 0.1) is 6.61 Å². The molecule has 0 aliphatic heterocycles. The lowest BCUT2D eigenvalue weighted by Crippen LogP contribution is -2.12. The van der Waals surface area contributed by atoms with Crippen LogP contribution in [0.3, 0.4) is 0 Å². The fourth-order valence-corrected chi connectivity index (χ4v) is 2.82. The fraction of sp³-hybridized carbons (Fsp3) is 0.412. The lowest BCUT2D eigenvalue weighted by atomic mass is 9.98. The average Bonchev–Trinajstić information content (AvgIpc) is 2.96. The van der Waals surface area contributed by atoms with E-state index < -0.39 is 0 Å². The molecule has 22 heavy (non-hydrogen) atoms. The Hall–Kier alpha value is -1.88. The summed E-state index contributed by atoms with van der Waals surface area (Å²) in [6.07, 6.45) is 2.79. The minimum atomic E-state index is -0.0233. The molecule has 0 radical (unpaired) electrons. The normalized spacial score (nSPS) is 10.7. The number of amides is 1. The van der Waals surface area contributed by atoms with Crippen molar-refractivity contribution in [2.24, 2.45) is 0 Å². The fourth-order valence-electron chi connectivity index (χ4n) is 2.28. The maximum absolute atomic E-state index is 11.7. The van der Waals surface area contributed by atoms with E-state index in [-0.39, 0.29) is 5.91 Å². The molecule has 0 saturated heterocycles. The van der Waals surface area contributed by atoms with Crippen molar-refractivity contribution in [3.8, 4) is 5.75 Å². The van der Waals surface area contributed by atoms with Gasteiger partial charge in [0.25, 0.3) is 0 Å². The number of hydrogen-bond acceptors (Lipinski definition) is 4. The molecule has 0 atom stereocenters. The molecule has 5 heteroatoms. The molecule has 0 spiro atoms. The lowest BCUT2D eigenvalue weighted by molar-refractivity contribution is -0.116. The van der Waals surface area contributed by atoms with Crippen LogP contribution in [0.1, 0.15) is 43.7 Å². The molecule has 0 saturated carbocycles. The third-order valence-corrected chi connectivity index (χ3v) is 4.05. The summed E-state index contributed by atoms with van der Waals surface area (Å²) >= 11 is 1.42. The standard InChI is InChI=1S/C17H22N2O2S/c1-12(2)15-7-6-14(11-13(15)3)21-9-4-5-16(20)19-17-18-8-10-22-17/h6-8,10-12H,4-5,9H2,1-3H3,(H,18,19,20). The minimum Gasteiger partial charge on any atom is -0.494 e. The van der Waals surface area contributed by atoms with Gasteiger partial charge in [-0.25, -0.2) is 4.98 Å².